The second kappa shape index (κ2) is 6.39. The molecule has 1 aliphatic heterocycles. The van der Waals surface area contributed by atoms with E-state index in [2.05, 4.69) is 10.5 Å². The molecule has 0 saturated heterocycles. The van der Waals surface area contributed by atoms with Gasteiger partial charge in [0.15, 0.2) is 0 Å². The summed E-state index contributed by atoms with van der Waals surface area (Å²) in [6.45, 7) is 3.53. The Balaban J connectivity index is 2.15. The van der Waals surface area contributed by atoms with Gasteiger partial charge in [-0.15, -0.1) is 0 Å². The first-order valence-electron chi connectivity index (χ1n) is 6.72. The molecule has 6 heteroatoms. The Hall–Kier alpha value is -2.37. The Morgan fingerprint density at radius 2 is 2.00 bits per heavy atom. The number of hydrogen-bond donors (Lipinski definition) is 1. The van der Waals surface area contributed by atoms with Gasteiger partial charge >= 0.3 is 5.97 Å². The summed E-state index contributed by atoms with van der Waals surface area (Å²) in [6.07, 6.45) is 0.00115. The minimum absolute atomic E-state index is 0.225. The largest absolute Gasteiger partial charge is 0.497 e. The van der Waals surface area contributed by atoms with Crippen LogP contribution < -0.4 is 10.2 Å². The highest BCUT2D eigenvalue weighted by atomic mass is 16.5. The third-order valence-electron chi connectivity index (χ3n) is 3.11. The van der Waals surface area contributed by atoms with Crippen LogP contribution in [0.1, 0.15) is 31.7 Å². The SMILES string of the molecule is COc1ccc(C2CC(C(=O)OC(C)C)=NNC2=O)cc1. The van der Waals surface area contributed by atoms with E-state index in [0.29, 0.717) is 5.75 Å². The van der Waals surface area contributed by atoms with Gasteiger partial charge in [0.05, 0.1) is 19.1 Å². The van der Waals surface area contributed by atoms with Crippen molar-refractivity contribution in [2.45, 2.75) is 32.3 Å². The highest BCUT2D eigenvalue weighted by Crippen LogP contribution is 2.25. The highest BCUT2D eigenvalue weighted by molar-refractivity contribution is 6.37. The zero-order valence-electron chi connectivity index (χ0n) is 12.3. The number of ether oxygens (including phenoxy) is 2. The Morgan fingerprint density at radius 1 is 1.33 bits per heavy atom. The average Bonchev–Trinajstić information content (AvgIpc) is 2.47. The minimum atomic E-state index is -0.497. The summed E-state index contributed by atoms with van der Waals surface area (Å²) in [4.78, 5) is 23.8. The van der Waals surface area contributed by atoms with E-state index in [1.807, 2.05) is 0 Å². The first-order chi connectivity index (χ1) is 10.0. The number of nitrogens with one attached hydrogen (secondary N) is 1. The Morgan fingerprint density at radius 3 is 2.57 bits per heavy atom. The highest BCUT2D eigenvalue weighted by Gasteiger charge is 2.30. The van der Waals surface area contributed by atoms with Crippen molar-refractivity contribution in [2.24, 2.45) is 5.10 Å². The van der Waals surface area contributed by atoms with E-state index < -0.39 is 11.9 Å². The van der Waals surface area contributed by atoms with E-state index in [-0.39, 0.29) is 24.1 Å². The van der Waals surface area contributed by atoms with Gasteiger partial charge in [0.1, 0.15) is 11.5 Å². The molecule has 1 N–H and O–H groups in total. The Labute approximate surface area is 123 Å². The molecule has 1 heterocycles. The summed E-state index contributed by atoms with van der Waals surface area (Å²) in [6, 6.07) is 7.17. The molecular weight excluding hydrogens is 272 g/mol. The van der Waals surface area contributed by atoms with Crippen LogP contribution in [-0.2, 0) is 14.3 Å². The molecule has 21 heavy (non-hydrogen) atoms. The van der Waals surface area contributed by atoms with E-state index >= 15 is 0 Å². The zero-order valence-corrected chi connectivity index (χ0v) is 12.3. The lowest BCUT2D eigenvalue weighted by atomic mass is 9.91. The molecule has 0 spiro atoms. The molecule has 0 radical (unpaired) electrons. The Bertz CT molecular complexity index is 564. The van der Waals surface area contributed by atoms with Gasteiger partial charge in [-0.1, -0.05) is 12.1 Å². The molecule has 0 aromatic heterocycles. The number of rotatable bonds is 4. The normalized spacial score (nSPS) is 18.0. The third-order valence-corrected chi connectivity index (χ3v) is 3.11. The number of nitrogens with zero attached hydrogens (tertiary/aromatic N) is 1. The summed E-state index contributed by atoms with van der Waals surface area (Å²) in [7, 11) is 1.58. The van der Waals surface area contributed by atoms with Crippen molar-refractivity contribution < 1.29 is 19.1 Å². The van der Waals surface area contributed by atoms with E-state index in [4.69, 9.17) is 9.47 Å². The van der Waals surface area contributed by atoms with Gasteiger partial charge < -0.3 is 9.47 Å². The van der Waals surface area contributed by atoms with Crippen LogP contribution >= 0.6 is 0 Å². The molecule has 0 fully saturated rings. The van der Waals surface area contributed by atoms with Crippen LogP contribution in [0.3, 0.4) is 0 Å². The van der Waals surface area contributed by atoms with Crippen molar-refractivity contribution in [3.05, 3.63) is 29.8 Å². The van der Waals surface area contributed by atoms with Crippen molar-refractivity contribution in [3.63, 3.8) is 0 Å². The number of benzene rings is 1. The maximum Gasteiger partial charge on any atom is 0.354 e. The van der Waals surface area contributed by atoms with Crippen LogP contribution in [-0.4, -0.2) is 30.8 Å². The molecule has 1 aromatic rings. The minimum Gasteiger partial charge on any atom is -0.497 e. The summed E-state index contributed by atoms with van der Waals surface area (Å²) < 4.78 is 10.2. The van der Waals surface area contributed by atoms with Crippen molar-refractivity contribution in [2.75, 3.05) is 7.11 Å². The molecule has 1 aliphatic rings. The Kier molecular flexibility index (Phi) is 4.57. The van der Waals surface area contributed by atoms with Crippen LogP contribution in [0.4, 0.5) is 0 Å². The lowest BCUT2D eigenvalue weighted by Gasteiger charge is -2.21. The maximum absolute atomic E-state index is 11.9. The van der Waals surface area contributed by atoms with Crippen molar-refractivity contribution in [3.8, 4) is 5.75 Å². The topological polar surface area (TPSA) is 77.0 Å². The number of amides is 1. The summed E-state index contributed by atoms with van der Waals surface area (Å²) >= 11 is 0. The van der Waals surface area contributed by atoms with Gasteiger partial charge in [-0.2, -0.15) is 5.10 Å². The fourth-order valence-electron chi connectivity index (χ4n) is 2.05. The number of carbonyl (C=O) groups excluding carboxylic acids is 2. The fourth-order valence-corrected chi connectivity index (χ4v) is 2.05. The molecule has 0 bridgehead atoms. The standard InChI is InChI=1S/C15H18N2O4/c1-9(2)21-15(19)13-8-12(14(18)17-16-13)10-4-6-11(20-3)7-5-10/h4-7,9,12H,8H2,1-3H3,(H,17,18). The van der Waals surface area contributed by atoms with E-state index in [0.717, 1.165) is 5.56 Å². The van der Waals surface area contributed by atoms with E-state index in [9.17, 15) is 9.59 Å². The number of carbonyl (C=O) groups is 2. The second-order valence-electron chi connectivity index (χ2n) is 5.02. The third kappa shape index (κ3) is 3.59. The maximum atomic E-state index is 11.9. The monoisotopic (exact) mass is 290 g/mol. The van der Waals surface area contributed by atoms with Crippen LogP contribution in [0.5, 0.6) is 5.75 Å². The summed E-state index contributed by atoms with van der Waals surface area (Å²) in [5, 5.41) is 3.79. The van der Waals surface area contributed by atoms with E-state index in [1.54, 1.807) is 45.2 Å². The van der Waals surface area contributed by atoms with Crippen LogP contribution in [0, 0.1) is 0 Å². The van der Waals surface area contributed by atoms with Crippen LogP contribution in [0.25, 0.3) is 0 Å². The van der Waals surface area contributed by atoms with Gasteiger partial charge in [-0.25, -0.2) is 10.2 Å². The van der Waals surface area contributed by atoms with Gasteiger partial charge in [0, 0.05) is 6.42 Å². The molecule has 1 unspecified atom stereocenters. The van der Waals surface area contributed by atoms with Crippen LogP contribution in [0.2, 0.25) is 0 Å². The predicted molar refractivity (Wildman–Crippen MR) is 77.2 cm³/mol. The molecule has 1 atom stereocenters. The van der Waals surface area contributed by atoms with Crippen molar-refractivity contribution in [1.29, 1.82) is 0 Å². The molecular formula is C15H18N2O4. The number of methoxy groups -OCH3 is 1. The molecule has 2 rings (SSSR count). The quantitative estimate of drug-likeness (QED) is 0.855. The van der Waals surface area contributed by atoms with Crippen molar-refractivity contribution in [1.82, 2.24) is 5.43 Å². The van der Waals surface area contributed by atoms with E-state index in [1.165, 1.54) is 0 Å². The summed E-state index contributed by atoms with van der Waals surface area (Å²) in [5.41, 5.74) is 3.41. The van der Waals surface area contributed by atoms with Gasteiger partial charge in [-0.05, 0) is 31.5 Å². The molecule has 6 nitrogen and oxygen atoms in total. The lowest BCUT2D eigenvalue weighted by Crippen LogP contribution is -2.37. The molecule has 1 aromatic carbocycles. The summed E-state index contributed by atoms with van der Waals surface area (Å²) in [5.74, 6) is -0.476. The predicted octanol–water partition coefficient (Wildman–Crippen LogP) is 1.61. The van der Waals surface area contributed by atoms with Gasteiger partial charge in [0.2, 0.25) is 5.91 Å². The number of esters is 1. The number of hydrazone groups is 1. The molecule has 1 amide bonds. The van der Waals surface area contributed by atoms with Gasteiger partial charge in [0.25, 0.3) is 0 Å². The fraction of sp³-hybridized carbons (Fsp3) is 0.400. The zero-order chi connectivity index (χ0) is 15.4. The lowest BCUT2D eigenvalue weighted by molar-refractivity contribution is -0.139. The molecule has 112 valence electrons. The smallest absolute Gasteiger partial charge is 0.354 e. The van der Waals surface area contributed by atoms with Gasteiger partial charge in [-0.3, -0.25) is 4.79 Å². The van der Waals surface area contributed by atoms with Crippen molar-refractivity contribution >= 4 is 17.6 Å². The molecule has 0 saturated carbocycles. The first-order valence-corrected chi connectivity index (χ1v) is 6.72. The number of hydrogen-bond acceptors (Lipinski definition) is 5. The first kappa shape index (κ1) is 15.0. The van der Waals surface area contributed by atoms with Crippen LogP contribution in [0.15, 0.2) is 29.4 Å². The second-order valence-corrected chi connectivity index (χ2v) is 5.02. The molecule has 0 aliphatic carbocycles. The average molecular weight is 290 g/mol.